The highest BCUT2D eigenvalue weighted by Gasteiger charge is 2.45. The zero-order chi connectivity index (χ0) is 15.0. The maximum atomic E-state index is 11.6. The molecule has 2 heterocycles. The van der Waals surface area contributed by atoms with E-state index in [0.29, 0.717) is 6.42 Å². The van der Waals surface area contributed by atoms with Gasteiger partial charge in [-0.25, -0.2) is 9.78 Å². The minimum Gasteiger partial charge on any atom is -0.480 e. The lowest BCUT2D eigenvalue weighted by Gasteiger charge is -2.31. The zero-order valence-corrected chi connectivity index (χ0v) is 12.3. The van der Waals surface area contributed by atoms with Crippen LogP contribution in [0.1, 0.15) is 25.5 Å². The number of rotatable bonds is 3. The van der Waals surface area contributed by atoms with Crippen molar-refractivity contribution >= 4 is 11.8 Å². The van der Waals surface area contributed by atoms with Crippen LogP contribution in [0.4, 0.5) is 5.82 Å². The number of carboxylic acid groups (broad SMARTS) is 1. The van der Waals surface area contributed by atoms with Crippen LogP contribution in [0.3, 0.4) is 0 Å². The van der Waals surface area contributed by atoms with Gasteiger partial charge in [0.1, 0.15) is 11.4 Å². The first kappa shape index (κ1) is 13.7. The van der Waals surface area contributed by atoms with Crippen molar-refractivity contribution < 1.29 is 9.90 Å². The molecule has 3 rings (SSSR count). The third kappa shape index (κ3) is 2.18. The van der Waals surface area contributed by atoms with Crippen molar-refractivity contribution in [2.45, 2.75) is 32.2 Å². The van der Waals surface area contributed by atoms with Gasteiger partial charge in [-0.05, 0) is 26.7 Å². The van der Waals surface area contributed by atoms with Crippen molar-refractivity contribution in [3.63, 3.8) is 0 Å². The fourth-order valence-corrected chi connectivity index (χ4v) is 2.97. The maximum absolute atomic E-state index is 11.6. The van der Waals surface area contributed by atoms with Gasteiger partial charge < -0.3 is 15.0 Å². The molecule has 21 heavy (non-hydrogen) atoms. The van der Waals surface area contributed by atoms with Crippen LogP contribution in [0, 0.1) is 6.92 Å². The van der Waals surface area contributed by atoms with Crippen LogP contribution in [0.15, 0.2) is 30.3 Å². The highest BCUT2D eigenvalue weighted by atomic mass is 16.4. The molecule has 1 aromatic carbocycles. The Morgan fingerprint density at radius 2 is 2.10 bits per heavy atom. The number of H-pyrrole nitrogens is 1. The number of carbonyl (C=O) groups is 1. The quantitative estimate of drug-likeness (QED) is 0.910. The van der Waals surface area contributed by atoms with Crippen LogP contribution in [0.2, 0.25) is 0 Å². The second-order valence-corrected chi connectivity index (χ2v) is 5.73. The molecule has 110 valence electrons. The number of imidazole rings is 1. The second-order valence-electron chi connectivity index (χ2n) is 5.73. The average molecular weight is 285 g/mol. The van der Waals surface area contributed by atoms with E-state index in [0.717, 1.165) is 35.9 Å². The van der Waals surface area contributed by atoms with Crippen molar-refractivity contribution in [3.8, 4) is 11.4 Å². The van der Waals surface area contributed by atoms with Gasteiger partial charge >= 0.3 is 5.97 Å². The second kappa shape index (κ2) is 4.91. The SMILES string of the molecule is Cc1[nH]c(-c2ccccc2)nc1N1CCCC1(C)C(=O)O. The number of hydrogen-bond acceptors (Lipinski definition) is 3. The number of carboxylic acids is 1. The van der Waals surface area contributed by atoms with Crippen LogP contribution in [0.5, 0.6) is 0 Å². The Bertz CT molecular complexity index is 665. The molecule has 5 heteroatoms. The third-order valence-electron chi connectivity index (χ3n) is 4.26. The van der Waals surface area contributed by atoms with E-state index in [-0.39, 0.29) is 0 Å². The Morgan fingerprint density at radius 3 is 2.76 bits per heavy atom. The van der Waals surface area contributed by atoms with E-state index in [4.69, 9.17) is 0 Å². The number of aromatic amines is 1. The molecule has 1 aliphatic heterocycles. The molecule has 1 aromatic heterocycles. The summed E-state index contributed by atoms with van der Waals surface area (Å²) in [6.07, 6.45) is 1.52. The molecule has 0 radical (unpaired) electrons. The molecule has 0 bridgehead atoms. The summed E-state index contributed by atoms with van der Waals surface area (Å²) in [6, 6.07) is 9.86. The third-order valence-corrected chi connectivity index (χ3v) is 4.26. The normalized spacial score (nSPS) is 21.7. The number of aliphatic carboxylic acids is 1. The van der Waals surface area contributed by atoms with E-state index in [1.54, 1.807) is 6.92 Å². The first-order valence-electron chi connectivity index (χ1n) is 7.15. The van der Waals surface area contributed by atoms with Gasteiger partial charge in [0.2, 0.25) is 0 Å². The molecule has 1 atom stereocenters. The van der Waals surface area contributed by atoms with Crippen LogP contribution in [-0.2, 0) is 4.79 Å². The van der Waals surface area contributed by atoms with E-state index in [9.17, 15) is 9.90 Å². The number of aromatic nitrogens is 2. The topological polar surface area (TPSA) is 69.2 Å². The number of hydrogen-bond donors (Lipinski definition) is 2. The van der Waals surface area contributed by atoms with Crippen LogP contribution in [-0.4, -0.2) is 33.1 Å². The minimum absolute atomic E-state index is 0.648. The van der Waals surface area contributed by atoms with Crippen molar-refractivity contribution in [1.82, 2.24) is 9.97 Å². The first-order chi connectivity index (χ1) is 10.0. The summed E-state index contributed by atoms with van der Waals surface area (Å²) in [5.74, 6) is 0.739. The van der Waals surface area contributed by atoms with Crippen LogP contribution < -0.4 is 4.90 Å². The molecular weight excluding hydrogens is 266 g/mol. The fourth-order valence-electron chi connectivity index (χ4n) is 2.97. The highest BCUT2D eigenvalue weighted by Crippen LogP contribution is 2.36. The van der Waals surface area contributed by atoms with Crippen molar-refractivity contribution in [2.24, 2.45) is 0 Å². The molecule has 1 unspecified atom stereocenters. The highest BCUT2D eigenvalue weighted by molar-refractivity contribution is 5.84. The van der Waals surface area contributed by atoms with E-state index >= 15 is 0 Å². The lowest BCUT2D eigenvalue weighted by atomic mass is 9.99. The molecule has 0 saturated carbocycles. The van der Waals surface area contributed by atoms with Crippen molar-refractivity contribution in [3.05, 3.63) is 36.0 Å². The summed E-state index contributed by atoms with van der Waals surface area (Å²) in [6.45, 7) is 4.44. The first-order valence-corrected chi connectivity index (χ1v) is 7.15. The van der Waals surface area contributed by atoms with Gasteiger partial charge in [-0.1, -0.05) is 30.3 Å². The number of anilines is 1. The molecule has 1 fully saturated rings. The van der Waals surface area contributed by atoms with E-state index in [2.05, 4.69) is 9.97 Å². The smallest absolute Gasteiger partial charge is 0.329 e. The van der Waals surface area contributed by atoms with Crippen LogP contribution in [0.25, 0.3) is 11.4 Å². The van der Waals surface area contributed by atoms with E-state index < -0.39 is 11.5 Å². The molecular formula is C16H19N3O2. The number of aryl methyl sites for hydroxylation is 1. The molecule has 1 saturated heterocycles. The summed E-state index contributed by atoms with van der Waals surface area (Å²) >= 11 is 0. The van der Waals surface area contributed by atoms with E-state index in [1.807, 2.05) is 42.2 Å². The Kier molecular flexibility index (Phi) is 3.20. The largest absolute Gasteiger partial charge is 0.480 e. The summed E-state index contributed by atoms with van der Waals surface area (Å²) in [7, 11) is 0. The minimum atomic E-state index is -0.867. The number of nitrogens with one attached hydrogen (secondary N) is 1. The van der Waals surface area contributed by atoms with Gasteiger partial charge in [0.05, 0.1) is 5.69 Å². The molecule has 1 aliphatic rings. The van der Waals surface area contributed by atoms with Gasteiger partial charge in [0.15, 0.2) is 5.82 Å². The summed E-state index contributed by atoms with van der Waals surface area (Å²) in [5, 5.41) is 9.54. The predicted octanol–water partition coefficient (Wildman–Crippen LogP) is 2.83. The zero-order valence-electron chi connectivity index (χ0n) is 12.3. The van der Waals surface area contributed by atoms with E-state index in [1.165, 1.54) is 0 Å². The fraction of sp³-hybridized carbons (Fsp3) is 0.375. The van der Waals surface area contributed by atoms with Gasteiger partial charge in [-0.3, -0.25) is 0 Å². The molecule has 2 aromatic rings. The molecule has 2 N–H and O–H groups in total. The Labute approximate surface area is 123 Å². The number of benzene rings is 1. The summed E-state index contributed by atoms with van der Waals surface area (Å²) in [4.78, 5) is 21.4. The predicted molar refractivity (Wildman–Crippen MR) is 81.4 cm³/mol. The van der Waals surface area contributed by atoms with Crippen molar-refractivity contribution in [1.29, 1.82) is 0 Å². The number of nitrogens with zero attached hydrogens (tertiary/aromatic N) is 2. The Morgan fingerprint density at radius 1 is 1.38 bits per heavy atom. The maximum Gasteiger partial charge on any atom is 0.329 e. The van der Waals surface area contributed by atoms with Crippen molar-refractivity contribution in [2.75, 3.05) is 11.4 Å². The molecule has 0 spiro atoms. The molecule has 0 aliphatic carbocycles. The summed E-state index contributed by atoms with van der Waals surface area (Å²) < 4.78 is 0. The van der Waals surface area contributed by atoms with Crippen LogP contribution >= 0.6 is 0 Å². The summed E-state index contributed by atoms with van der Waals surface area (Å²) in [5.41, 5.74) is 1.04. The van der Waals surface area contributed by atoms with Gasteiger partial charge in [0, 0.05) is 12.1 Å². The monoisotopic (exact) mass is 285 g/mol. The van der Waals surface area contributed by atoms with Gasteiger partial charge in [-0.15, -0.1) is 0 Å². The Balaban J connectivity index is 2.01. The van der Waals surface area contributed by atoms with Gasteiger partial charge in [-0.2, -0.15) is 0 Å². The lowest BCUT2D eigenvalue weighted by molar-refractivity contribution is -0.142. The van der Waals surface area contributed by atoms with Gasteiger partial charge in [0.25, 0.3) is 0 Å². The Hall–Kier alpha value is -2.30. The standard InChI is InChI=1S/C16H19N3O2/c1-11-14(19-10-6-9-16(19,2)15(20)21)18-13(17-11)12-7-4-3-5-8-12/h3-5,7-8H,6,9-10H2,1-2H3,(H,17,18)(H,20,21). The molecule has 5 nitrogen and oxygen atoms in total. The molecule has 0 amide bonds. The average Bonchev–Trinajstić information content (AvgIpc) is 3.04. The lowest BCUT2D eigenvalue weighted by Crippen LogP contribution is -2.48.